The molecular formula is C15H11Cl2FN2O. The molecule has 6 heteroatoms. The third kappa shape index (κ3) is 3.64. The fraction of sp³-hybridized carbons (Fsp3) is 0.133. The summed E-state index contributed by atoms with van der Waals surface area (Å²) in [6, 6.07) is 9.06. The first-order valence-electron chi connectivity index (χ1n) is 6.04. The second kappa shape index (κ2) is 6.77. The smallest absolute Gasteiger partial charge is 0.142 e. The zero-order valence-electron chi connectivity index (χ0n) is 10.9. The van der Waals surface area contributed by atoms with Crippen LogP contribution in [0, 0.1) is 17.1 Å². The lowest BCUT2D eigenvalue weighted by molar-refractivity contribution is 0.302. The molecule has 0 atom stereocenters. The van der Waals surface area contributed by atoms with Crippen molar-refractivity contribution in [1.82, 2.24) is 0 Å². The lowest BCUT2D eigenvalue weighted by Gasteiger charge is -2.13. The van der Waals surface area contributed by atoms with E-state index in [1.165, 1.54) is 24.3 Å². The van der Waals surface area contributed by atoms with Crippen LogP contribution in [-0.2, 0) is 13.2 Å². The Morgan fingerprint density at radius 1 is 1.19 bits per heavy atom. The van der Waals surface area contributed by atoms with Gasteiger partial charge in [-0.3, -0.25) is 0 Å². The van der Waals surface area contributed by atoms with Crippen molar-refractivity contribution in [2.75, 3.05) is 0 Å². The first-order chi connectivity index (χ1) is 10.0. The van der Waals surface area contributed by atoms with Gasteiger partial charge in [0.25, 0.3) is 0 Å². The van der Waals surface area contributed by atoms with Crippen LogP contribution in [0.4, 0.5) is 4.39 Å². The van der Waals surface area contributed by atoms with Gasteiger partial charge in [-0.05, 0) is 30.3 Å². The van der Waals surface area contributed by atoms with Crippen molar-refractivity contribution in [1.29, 1.82) is 5.26 Å². The lowest BCUT2D eigenvalue weighted by Crippen LogP contribution is -2.05. The van der Waals surface area contributed by atoms with E-state index in [0.29, 0.717) is 32.5 Å². The molecule has 0 amide bonds. The minimum Gasteiger partial charge on any atom is -0.487 e. The van der Waals surface area contributed by atoms with E-state index < -0.39 is 5.82 Å². The van der Waals surface area contributed by atoms with E-state index in [4.69, 9.17) is 38.9 Å². The molecule has 0 spiro atoms. The Kier molecular flexibility index (Phi) is 5.03. The Balaban J connectivity index is 2.29. The summed E-state index contributed by atoms with van der Waals surface area (Å²) in [5, 5.41) is 9.78. The van der Waals surface area contributed by atoms with Crippen LogP contribution in [0.25, 0.3) is 0 Å². The third-order valence-corrected chi connectivity index (χ3v) is 3.36. The molecule has 0 radical (unpaired) electrons. The van der Waals surface area contributed by atoms with Crippen LogP contribution in [0.3, 0.4) is 0 Å². The summed E-state index contributed by atoms with van der Waals surface area (Å²) in [5.74, 6) is -0.0504. The highest BCUT2D eigenvalue weighted by molar-refractivity contribution is 6.35. The van der Waals surface area contributed by atoms with Crippen LogP contribution >= 0.6 is 23.2 Å². The minimum atomic E-state index is -0.436. The molecule has 2 aromatic carbocycles. The van der Waals surface area contributed by atoms with Crippen LogP contribution in [-0.4, -0.2) is 0 Å². The monoisotopic (exact) mass is 324 g/mol. The van der Waals surface area contributed by atoms with E-state index in [0.717, 1.165) is 0 Å². The Bertz CT molecular complexity index is 714. The molecule has 0 unspecified atom stereocenters. The first kappa shape index (κ1) is 15.6. The quantitative estimate of drug-likeness (QED) is 0.923. The van der Waals surface area contributed by atoms with Gasteiger partial charge in [0.05, 0.1) is 16.7 Å². The second-order valence-electron chi connectivity index (χ2n) is 4.28. The topological polar surface area (TPSA) is 59.0 Å². The van der Waals surface area contributed by atoms with Crippen molar-refractivity contribution in [2.45, 2.75) is 13.2 Å². The van der Waals surface area contributed by atoms with E-state index in [1.807, 2.05) is 6.07 Å². The molecule has 2 N–H and O–H groups in total. The molecule has 0 saturated carbocycles. The van der Waals surface area contributed by atoms with Gasteiger partial charge in [-0.25, -0.2) is 4.39 Å². The fourth-order valence-corrected chi connectivity index (χ4v) is 2.46. The molecule has 0 aromatic heterocycles. The van der Waals surface area contributed by atoms with E-state index in [-0.39, 0.29) is 13.2 Å². The summed E-state index contributed by atoms with van der Waals surface area (Å²) in [7, 11) is 0. The molecule has 0 bridgehead atoms. The van der Waals surface area contributed by atoms with Crippen molar-refractivity contribution in [2.24, 2.45) is 5.73 Å². The summed E-state index contributed by atoms with van der Waals surface area (Å²) in [6.07, 6.45) is 0. The van der Waals surface area contributed by atoms with E-state index in [9.17, 15) is 4.39 Å². The van der Waals surface area contributed by atoms with Crippen molar-refractivity contribution >= 4 is 23.2 Å². The number of ether oxygens (including phenoxy) is 1. The number of hydrogen-bond donors (Lipinski definition) is 1. The molecule has 3 nitrogen and oxygen atoms in total. The minimum absolute atomic E-state index is 0.00893. The summed E-state index contributed by atoms with van der Waals surface area (Å²) < 4.78 is 18.9. The summed E-state index contributed by atoms with van der Waals surface area (Å²) >= 11 is 12.0. The highest BCUT2D eigenvalue weighted by Crippen LogP contribution is 2.33. The lowest BCUT2D eigenvalue weighted by atomic mass is 10.1. The van der Waals surface area contributed by atoms with Crippen LogP contribution in [0.15, 0.2) is 30.3 Å². The third-order valence-electron chi connectivity index (χ3n) is 2.86. The van der Waals surface area contributed by atoms with E-state index >= 15 is 0 Å². The van der Waals surface area contributed by atoms with E-state index in [2.05, 4.69) is 0 Å². The largest absolute Gasteiger partial charge is 0.487 e. The molecule has 0 fully saturated rings. The van der Waals surface area contributed by atoms with Gasteiger partial charge >= 0.3 is 0 Å². The Hall–Kier alpha value is -1.80. The number of nitrogens with zero attached hydrogens (tertiary/aromatic N) is 1. The van der Waals surface area contributed by atoms with E-state index in [1.54, 1.807) is 6.07 Å². The normalized spacial score (nSPS) is 10.2. The van der Waals surface area contributed by atoms with Gasteiger partial charge in [0.1, 0.15) is 18.2 Å². The molecule has 108 valence electrons. The standard InChI is InChI=1S/C15H11Cl2FN2O/c16-12-3-10(7-20)15(14(17)5-12)21-8-11-4-13(18)2-1-9(11)6-19/h1-5H,7-8,20H2. The van der Waals surface area contributed by atoms with Crippen molar-refractivity contribution in [3.05, 3.63) is 62.9 Å². The second-order valence-corrected chi connectivity index (χ2v) is 5.13. The predicted molar refractivity (Wildman–Crippen MR) is 79.8 cm³/mol. The Morgan fingerprint density at radius 3 is 2.62 bits per heavy atom. The molecule has 0 aliphatic carbocycles. The number of hydrogen-bond acceptors (Lipinski definition) is 3. The molecule has 21 heavy (non-hydrogen) atoms. The maximum Gasteiger partial charge on any atom is 0.142 e. The highest BCUT2D eigenvalue weighted by atomic mass is 35.5. The summed E-state index contributed by atoms with van der Waals surface area (Å²) in [4.78, 5) is 0. The van der Waals surface area contributed by atoms with Crippen molar-refractivity contribution in [3.63, 3.8) is 0 Å². The number of rotatable bonds is 4. The highest BCUT2D eigenvalue weighted by Gasteiger charge is 2.11. The molecular weight excluding hydrogens is 314 g/mol. The summed E-state index contributed by atoms with van der Waals surface area (Å²) in [5.41, 5.74) is 7.05. The fourth-order valence-electron chi connectivity index (χ4n) is 1.87. The summed E-state index contributed by atoms with van der Waals surface area (Å²) in [6.45, 7) is 0.207. The molecule has 0 saturated heterocycles. The van der Waals surface area contributed by atoms with Gasteiger partial charge in [-0.2, -0.15) is 5.26 Å². The maximum atomic E-state index is 13.3. The average Bonchev–Trinajstić information content (AvgIpc) is 2.45. The van der Waals surface area contributed by atoms with Gasteiger partial charge in [0.2, 0.25) is 0 Å². The van der Waals surface area contributed by atoms with Crippen molar-refractivity contribution < 1.29 is 9.13 Å². The number of benzene rings is 2. The Labute approximate surface area is 131 Å². The Morgan fingerprint density at radius 2 is 1.95 bits per heavy atom. The van der Waals surface area contributed by atoms with Crippen LogP contribution in [0.1, 0.15) is 16.7 Å². The molecule has 0 aliphatic heterocycles. The van der Waals surface area contributed by atoms with Gasteiger partial charge in [-0.1, -0.05) is 23.2 Å². The van der Waals surface area contributed by atoms with Gasteiger partial charge in [0, 0.05) is 22.7 Å². The zero-order valence-corrected chi connectivity index (χ0v) is 12.4. The zero-order chi connectivity index (χ0) is 15.4. The van der Waals surface area contributed by atoms with Crippen LogP contribution in [0.2, 0.25) is 10.0 Å². The van der Waals surface area contributed by atoms with Crippen LogP contribution in [0.5, 0.6) is 5.75 Å². The van der Waals surface area contributed by atoms with Crippen molar-refractivity contribution in [3.8, 4) is 11.8 Å². The van der Waals surface area contributed by atoms with Gasteiger partial charge in [-0.15, -0.1) is 0 Å². The van der Waals surface area contributed by atoms with Crippen LogP contribution < -0.4 is 10.5 Å². The number of nitriles is 1. The average molecular weight is 325 g/mol. The first-order valence-corrected chi connectivity index (χ1v) is 6.80. The maximum absolute atomic E-state index is 13.3. The number of nitrogens with two attached hydrogens (primary N) is 1. The van der Waals surface area contributed by atoms with Gasteiger partial charge in [0.15, 0.2) is 0 Å². The SMILES string of the molecule is N#Cc1ccc(F)cc1COc1c(Cl)cc(Cl)cc1CN. The molecule has 0 heterocycles. The molecule has 2 rings (SSSR count). The molecule has 2 aromatic rings. The number of halogens is 3. The predicted octanol–water partition coefficient (Wildman–Crippen LogP) is 4.04. The molecule has 0 aliphatic rings. The van der Waals surface area contributed by atoms with Gasteiger partial charge < -0.3 is 10.5 Å².